The van der Waals surface area contributed by atoms with Gasteiger partial charge in [0.2, 0.25) is 0 Å². The zero-order valence-corrected chi connectivity index (χ0v) is 16.5. The first kappa shape index (κ1) is 19.7. The normalized spacial score (nSPS) is 13.6. The minimum atomic E-state index is -0.674. The Labute approximate surface area is 163 Å². The van der Waals surface area contributed by atoms with Crippen LogP contribution >= 0.6 is 0 Å². The van der Waals surface area contributed by atoms with Gasteiger partial charge in [0.05, 0.1) is 13.7 Å². The lowest BCUT2D eigenvalue weighted by Crippen LogP contribution is -2.42. The molecule has 28 heavy (non-hydrogen) atoms. The molecule has 0 fully saturated rings. The van der Waals surface area contributed by atoms with E-state index >= 15 is 0 Å². The molecule has 1 aromatic carbocycles. The van der Waals surface area contributed by atoms with Gasteiger partial charge in [0, 0.05) is 17.9 Å². The summed E-state index contributed by atoms with van der Waals surface area (Å²) >= 11 is 0. The van der Waals surface area contributed by atoms with Crippen molar-refractivity contribution in [3.05, 3.63) is 63.6 Å². The lowest BCUT2D eigenvalue weighted by atomic mass is 10.0. The third-order valence-corrected chi connectivity index (χ3v) is 4.46. The summed E-state index contributed by atoms with van der Waals surface area (Å²) < 4.78 is 11.7. The van der Waals surface area contributed by atoms with Gasteiger partial charge in [-0.15, -0.1) is 0 Å². The Hall–Kier alpha value is -3.09. The number of ether oxygens (including phenoxy) is 2. The maximum absolute atomic E-state index is 13.1. The highest BCUT2D eigenvalue weighted by Crippen LogP contribution is 2.23. The van der Waals surface area contributed by atoms with E-state index < -0.39 is 23.2 Å². The number of pyridine rings is 1. The summed E-state index contributed by atoms with van der Waals surface area (Å²) in [6, 6.07) is 10.6. The molecule has 1 aromatic heterocycles. The van der Waals surface area contributed by atoms with E-state index in [2.05, 4.69) is 0 Å². The van der Waals surface area contributed by atoms with E-state index in [1.807, 2.05) is 39.0 Å². The number of esters is 1. The Morgan fingerprint density at radius 3 is 2.39 bits per heavy atom. The van der Waals surface area contributed by atoms with Crippen LogP contribution in [0.15, 0.2) is 41.2 Å². The summed E-state index contributed by atoms with van der Waals surface area (Å²) in [6.07, 6.45) is 0.0772. The number of benzene rings is 1. The van der Waals surface area contributed by atoms with Gasteiger partial charge in [-0.25, -0.2) is 9.59 Å². The number of hydrogen-bond donors (Lipinski definition) is 0. The Morgan fingerprint density at radius 2 is 1.79 bits per heavy atom. The molecule has 0 aliphatic carbocycles. The van der Waals surface area contributed by atoms with Gasteiger partial charge in [-0.05, 0) is 51.0 Å². The van der Waals surface area contributed by atoms with Crippen molar-refractivity contribution in [1.82, 2.24) is 9.47 Å². The number of carbonyl (C=O) groups excluding carboxylic acids is 2. The lowest BCUT2D eigenvalue weighted by molar-refractivity contribution is 0.0218. The van der Waals surface area contributed by atoms with Gasteiger partial charge in [0.15, 0.2) is 0 Å². The van der Waals surface area contributed by atoms with E-state index in [4.69, 9.17) is 9.47 Å². The van der Waals surface area contributed by atoms with Crippen molar-refractivity contribution in [2.45, 2.75) is 39.3 Å². The summed E-state index contributed by atoms with van der Waals surface area (Å²) in [7, 11) is 1.25. The molecule has 0 saturated heterocycles. The zero-order valence-electron chi connectivity index (χ0n) is 16.5. The summed E-state index contributed by atoms with van der Waals surface area (Å²) in [5, 5.41) is 0. The van der Waals surface area contributed by atoms with Crippen LogP contribution in [-0.2, 0) is 22.4 Å². The lowest BCUT2D eigenvalue weighted by Gasteiger charge is -2.32. The van der Waals surface area contributed by atoms with Crippen molar-refractivity contribution >= 4 is 12.1 Å². The van der Waals surface area contributed by atoms with Crippen LogP contribution in [0.25, 0.3) is 5.69 Å². The number of aromatic nitrogens is 1. The molecule has 1 aliphatic heterocycles. The van der Waals surface area contributed by atoms with E-state index in [0.717, 1.165) is 5.56 Å². The topological polar surface area (TPSA) is 77.8 Å². The number of nitrogens with zero attached hydrogens (tertiary/aromatic N) is 2. The molecule has 148 valence electrons. The monoisotopic (exact) mass is 384 g/mol. The van der Waals surface area contributed by atoms with Crippen LogP contribution in [0.1, 0.15) is 42.4 Å². The van der Waals surface area contributed by atoms with Gasteiger partial charge in [-0.1, -0.05) is 18.2 Å². The largest absolute Gasteiger partial charge is 0.465 e. The van der Waals surface area contributed by atoms with Crippen molar-refractivity contribution in [3.8, 4) is 5.69 Å². The average molecular weight is 384 g/mol. The summed E-state index contributed by atoms with van der Waals surface area (Å²) in [6.45, 7) is 6.09. The van der Waals surface area contributed by atoms with Gasteiger partial charge in [-0.2, -0.15) is 0 Å². The molecular formula is C21H24N2O5. The second kappa shape index (κ2) is 7.50. The fourth-order valence-electron chi connectivity index (χ4n) is 3.20. The molecule has 1 amide bonds. The van der Waals surface area contributed by atoms with Crippen LogP contribution in [0.4, 0.5) is 4.79 Å². The predicted molar refractivity (Wildman–Crippen MR) is 104 cm³/mol. The molecule has 0 N–H and O–H groups in total. The van der Waals surface area contributed by atoms with Crippen molar-refractivity contribution in [3.63, 3.8) is 0 Å². The first-order valence-corrected chi connectivity index (χ1v) is 9.11. The molecule has 0 atom stereocenters. The molecule has 2 aromatic rings. The number of amides is 1. The number of para-hydroxylation sites is 1. The average Bonchev–Trinajstić information content (AvgIpc) is 2.65. The van der Waals surface area contributed by atoms with Crippen LogP contribution < -0.4 is 5.56 Å². The first-order valence-electron chi connectivity index (χ1n) is 9.11. The highest BCUT2D eigenvalue weighted by atomic mass is 16.6. The Morgan fingerprint density at radius 1 is 1.11 bits per heavy atom. The standard InChI is InChI=1S/C21H24N2O5/c1-21(2,3)28-20(26)22-11-10-14-12-16(19(25)27-4)18(24)23(17(14)13-22)15-8-6-5-7-9-15/h5-9,12H,10-11,13H2,1-4H3. The number of hydrogen-bond acceptors (Lipinski definition) is 5. The van der Waals surface area contributed by atoms with Gasteiger partial charge >= 0.3 is 12.1 Å². The number of carbonyl (C=O) groups is 2. The molecule has 0 radical (unpaired) electrons. The second-order valence-electron chi connectivity index (χ2n) is 7.65. The highest BCUT2D eigenvalue weighted by Gasteiger charge is 2.29. The Kier molecular flexibility index (Phi) is 5.27. The fraction of sp³-hybridized carbons (Fsp3) is 0.381. The van der Waals surface area contributed by atoms with E-state index in [9.17, 15) is 14.4 Å². The van der Waals surface area contributed by atoms with Crippen LogP contribution in [0.5, 0.6) is 0 Å². The molecule has 1 aliphatic rings. The maximum Gasteiger partial charge on any atom is 0.410 e. The van der Waals surface area contributed by atoms with Crippen LogP contribution in [0.3, 0.4) is 0 Å². The minimum Gasteiger partial charge on any atom is -0.465 e. The molecule has 2 heterocycles. The second-order valence-corrected chi connectivity index (χ2v) is 7.65. The van der Waals surface area contributed by atoms with Crippen LogP contribution in [0, 0.1) is 0 Å². The minimum absolute atomic E-state index is 0.0178. The Balaban J connectivity index is 2.10. The number of rotatable bonds is 2. The summed E-state index contributed by atoms with van der Waals surface area (Å²) in [5.41, 5.74) is 1.04. The molecule has 0 unspecified atom stereocenters. The van der Waals surface area contributed by atoms with E-state index in [1.54, 1.807) is 23.1 Å². The SMILES string of the molecule is COC(=O)c1cc2c(n(-c3ccccc3)c1=O)CN(C(=O)OC(C)(C)C)CC2. The molecule has 0 saturated carbocycles. The highest BCUT2D eigenvalue weighted by molar-refractivity contribution is 5.89. The maximum atomic E-state index is 13.1. The van der Waals surface area contributed by atoms with Crippen LogP contribution in [0.2, 0.25) is 0 Å². The van der Waals surface area contributed by atoms with E-state index in [0.29, 0.717) is 24.3 Å². The summed E-state index contributed by atoms with van der Waals surface area (Å²) in [5.74, 6) is -0.674. The van der Waals surface area contributed by atoms with Gasteiger partial charge < -0.3 is 14.4 Å². The van der Waals surface area contributed by atoms with Gasteiger partial charge in [0.25, 0.3) is 5.56 Å². The third kappa shape index (κ3) is 3.93. The van der Waals surface area contributed by atoms with Crippen molar-refractivity contribution in [1.29, 1.82) is 0 Å². The fourth-order valence-corrected chi connectivity index (χ4v) is 3.20. The molecule has 3 rings (SSSR count). The number of fused-ring (bicyclic) bond motifs is 1. The molecule has 0 spiro atoms. The van der Waals surface area contributed by atoms with E-state index in [-0.39, 0.29) is 12.1 Å². The molecule has 0 bridgehead atoms. The predicted octanol–water partition coefficient (Wildman–Crippen LogP) is 2.92. The van der Waals surface area contributed by atoms with Gasteiger partial charge in [-0.3, -0.25) is 9.36 Å². The first-order chi connectivity index (χ1) is 13.2. The molecular weight excluding hydrogens is 360 g/mol. The van der Waals surface area contributed by atoms with Crippen molar-refractivity contribution < 1.29 is 19.1 Å². The quantitative estimate of drug-likeness (QED) is 0.744. The smallest absolute Gasteiger partial charge is 0.410 e. The molecule has 7 heteroatoms. The Bertz CT molecular complexity index is 957. The van der Waals surface area contributed by atoms with Gasteiger partial charge in [0.1, 0.15) is 11.2 Å². The third-order valence-electron chi connectivity index (χ3n) is 4.46. The number of methoxy groups -OCH3 is 1. The van der Waals surface area contributed by atoms with Crippen molar-refractivity contribution in [2.75, 3.05) is 13.7 Å². The van der Waals surface area contributed by atoms with Crippen molar-refractivity contribution in [2.24, 2.45) is 0 Å². The van der Waals surface area contributed by atoms with Crippen LogP contribution in [-0.4, -0.2) is 40.8 Å². The summed E-state index contributed by atoms with van der Waals surface area (Å²) in [4.78, 5) is 39.3. The van der Waals surface area contributed by atoms with E-state index in [1.165, 1.54) is 11.7 Å². The molecule has 7 nitrogen and oxygen atoms in total. The zero-order chi connectivity index (χ0) is 20.5.